The van der Waals surface area contributed by atoms with Crippen LogP contribution in [0.5, 0.6) is 11.6 Å². The second kappa shape index (κ2) is 11.2. The second-order valence-electron chi connectivity index (χ2n) is 8.27. The van der Waals surface area contributed by atoms with Crippen molar-refractivity contribution >= 4 is 55.1 Å². The van der Waals surface area contributed by atoms with Crippen molar-refractivity contribution in [3.8, 4) is 11.6 Å². The minimum atomic E-state index is -0.140. The number of methoxy groups -OCH3 is 1. The SMILES string of the molecule is CO[C@@H](C)COc1cc(N[C@H]2CCNC2)c2cc(I)c(Br)c(O[C@@H](C)c3ccccc3)c2n1. The molecular formula is C25H29BrIN3O3. The van der Waals surface area contributed by atoms with Crippen molar-refractivity contribution in [2.45, 2.75) is 38.5 Å². The van der Waals surface area contributed by atoms with Gasteiger partial charge < -0.3 is 24.8 Å². The first-order valence-corrected chi connectivity index (χ1v) is 13.0. The summed E-state index contributed by atoms with van der Waals surface area (Å²) in [5.74, 6) is 1.26. The lowest BCUT2D eigenvalue weighted by atomic mass is 10.1. The number of ether oxygens (including phenoxy) is 3. The fourth-order valence-electron chi connectivity index (χ4n) is 3.79. The van der Waals surface area contributed by atoms with Gasteiger partial charge in [-0.25, -0.2) is 4.98 Å². The van der Waals surface area contributed by atoms with E-state index in [0.29, 0.717) is 24.3 Å². The van der Waals surface area contributed by atoms with Crippen molar-refractivity contribution in [3.63, 3.8) is 0 Å². The lowest BCUT2D eigenvalue weighted by Gasteiger charge is -2.22. The molecule has 1 saturated heterocycles. The molecule has 2 aromatic carbocycles. The second-order valence-corrected chi connectivity index (χ2v) is 10.2. The zero-order valence-electron chi connectivity index (χ0n) is 19.0. The smallest absolute Gasteiger partial charge is 0.216 e. The number of aromatic nitrogens is 1. The summed E-state index contributed by atoms with van der Waals surface area (Å²) in [5, 5.41) is 8.13. The van der Waals surface area contributed by atoms with Crippen LogP contribution in [0.4, 0.5) is 5.69 Å². The standard InChI is InChI=1S/C25H29BrIN3O3/c1-15(31-3)14-32-22-12-21(29-18-9-10-28-13-18)19-11-20(27)23(26)25(24(19)30-22)33-16(2)17-7-5-4-6-8-17/h4-8,11-12,15-16,18,28H,9-10,13-14H2,1-3H3,(H,29,30)/t15-,16-,18-/m0/s1. The molecule has 1 aliphatic heterocycles. The third-order valence-corrected chi connectivity index (χ3v) is 8.16. The molecule has 2 heterocycles. The van der Waals surface area contributed by atoms with Gasteiger partial charge >= 0.3 is 0 Å². The third kappa shape index (κ3) is 5.90. The fourth-order valence-corrected chi connectivity index (χ4v) is 4.74. The van der Waals surface area contributed by atoms with E-state index >= 15 is 0 Å². The molecule has 8 heteroatoms. The van der Waals surface area contributed by atoms with E-state index in [-0.39, 0.29) is 12.2 Å². The number of rotatable bonds is 9. The van der Waals surface area contributed by atoms with Crippen molar-refractivity contribution in [2.24, 2.45) is 0 Å². The maximum atomic E-state index is 6.52. The Balaban J connectivity index is 1.78. The van der Waals surface area contributed by atoms with Gasteiger partial charge in [0.2, 0.25) is 5.88 Å². The van der Waals surface area contributed by atoms with Gasteiger partial charge in [-0.15, -0.1) is 0 Å². The van der Waals surface area contributed by atoms with E-state index in [1.165, 1.54) is 0 Å². The Kier molecular flexibility index (Phi) is 8.32. The number of halogens is 2. The molecule has 1 aliphatic rings. The van der Waals surface area contributed by atoms with Crippen LogP contribution in [-0.4, -0.2) is 43.9 Å². The van der Waals surface area contributed by atoms with Crippen LogP contribution < -0.4 is 20.1 Å². The molecule has 33 heavy (non-hydrogen) atoms. The van der Waals surface area contributed by atoms with E-state index in [9.17, 15) is 0 Å². The molecule has 1 aromatic heterocycles. The number of nitrogens with zero attached hydrogens (tertiary/aromatic N) is 1. The lowest BCUT2D eigenvalue weighted by molar-refractivity contribution is 0.0701. The van der Waals surface area contributed by atoms with Crippen LogP contribution in [0.15, 0.2) is 46.9 Å². The molecule has 176 valence electrons. The minimum absolute atomic E-state index is 0.0322. The van der Waals surface area contributed by atoms with Gasteiger partial charge in [0, 0.05) is 40.4 Å². The van der Waals surface area contributed by atoms with E-state index in [4.69, 9.17) is 19.2 Å². The fraction of sp³-hybridized carbons (Fsp3) is 0.400. The highest BCUT2D eigenvalue weighted by molar-refractivity contribution is 14.1. The lowest BCUT2D eigenvalue weighted by Crippen LogP contribution is -2.22. The average Bonchev–Trinajstić information content (AvgIpc) is 3.34. The molecule has 0 amide bonds. The Bertz CT molecular complexity index is 1090. The highest BCUT2D eigenvalue weighted by Crippen LogP contribution is 2.42. The average molecular weight is 626 g/mol. The van der Waals surface area contributed by atoms with Crippen LogP contribution >= 0.6 is 38.5 Å². The third-order valence-electron chi connectivity index (χ3n) is 5.78. The topological polar surface area (TPSA) is 64.6 Å². The van der Waals surface area contributed by atoms with Crippen LogP contribution in [0.25, 0.3) is 10.9 Å². The molecule has 0 bridgehead atoms. The summed E-state index contributed by atoms with van der Waals surface area (Å²) >= 11 is 6.09. The molecular weight excluding hydrogens is 597 g/mol. The van der Waals surface area contributed by atoms with Gasteiger partial charge in [-0.05, 0) is 77.0 Å². The Morgan fingerprint density at radius 3 is 2.73 bits per heavy atom. The molecule has 0 unspecified atom stereocenters. The normalized spacial score (nSPS) is 17.7. The Morgan fingerprint density at radius 2 is 2.03 bits per heavy atom. The first kappa shape index (κ1) is 24.5. The molecule has 0 spiro atoms. The first-order chi connectivity index (χ1) is 16.0. The van der Waals surface area contributed by atoms with Gasteiger partial charge in [0.1, 0.15) is 18.2 Å². The Labute approximate surface area is 217 Å². The molecule has 3 aromatic rings. The molecule has 6 nitrogen and oxygen atoms in total. The van der Waals surface area contributed by atoms with Gasteiger partial charge in [-0.3, -0.25) is 0 Å². The molecule has 0 aliphatic carbocycles. The van der Waals surface area contributed by atoms with Crippen molar-refractivity contribution in [2.75, 3.05) is 32.1 Å². The minimum Gasteiger partial charge on any atom is -0.483 e. The number of hydrogen-bond donors (Lipinski definition) is 2. The molecule has 2 N–H and O–H groups in total. The number of hydrogen-bond acceptors (Lipinski definition) is 6. The monoisotopic (exact) mass is 625 g/mol. The molecule has 0 radical (unpaired) electrons. The van der Waals surface area contributed by atoms with Gasteiger partial charge in [-0.1, -0.05) is 30.3 Å². The predicted molar refractivity (Wildman–Crippen MR) is 145 cm³/mol. The highest BCUT2D eigenvalue weighted by Gasteiger charge is 2.22. The summed E-state index contributed by atoms with van der Waals surface area (Å²) in [7, 11) is 1.68. The van der Waals surface area contributed by atoms with E-state index in [0.717, 1.165) is 49.7 Å². The van der Waals surface area contributed by atoms with E-state index < -0.39 is 0 Å². The zero-order valence-corrected chi connectivity index (χ0v) is 22.8. The van der Waals surface area contributed by atoms with Crippen LogP contribution in [0.2, 0.25) is 0 Å². The summed E-state index contributed by atoms with van der Waals surface area (Å²) in [6.45, 7) is 6.39. The first-order valence-electron chi connectivity index (χ1n) is 11.1. The number of benzene rings is 2. The molecule has 0 saturated carbocycles. The number of pyridine rings is 1. The number of fused-ring (bicyclic) bond motifs is 1. The van der Waals surface area contributed by atoms with Crippen molar-refractivity contribution in [3.05, 3.63) is 56.1 Å². The maximum Gasteiger partial charge on any atom is 0.216 e. The Morgan fingerprint density at radius 1 is 1.24 bits per heavy atom. The predicted octanol–water partition coefficient (Wildman–Crippen LogP) is 5.93. The summed E-state index contributed by atoms with van der Waals surface area (Å²) in [5.41, 5.74) is 2.87. The van der Waals surface area contributed by atoms with E-state index in [1.54, 1.807) is 7.11 Å². The van der Waals surface area contributed by atoms with E-state index in [2.05, 4.69) is 74.3 Å². The summed E-state index contributed by atoms with van der Waals surface area (Å²) in [6.07, 6.45) is 0.900. The molecule has 4 rings (SSSR count). The summed E-state index contributed by atoms with van der Waals surface area (Å²) in [4.78, 5) is 4.87. The summed E-state index contributed by atoms with van der Waals surface area (Å²) in [6, 6.07) is 14.7. The van der Waals surface area contributed by atoms with Crippen LogP contribution in [0, 0.1) is 3.57 Å². The van der Waals surface area contributed by atoms with Crippen molar-refractivity contribution in [1.29, 1.82) is 0 Å². The molecule has 3 atom stereocenters. The zero-order chi connectivity index (χ0) is 23.4. The maximum absolute atomic E-state index is 6.52. The largest absolute Gasteiger partial charge is 0.483 e. The number of nitrogens with one attached hydrogen (secondary N) is 2. The van der Waals surface area contributed by atoms with Gasteiger partial charge in [0.05, 0.1) is 10.6 Å². The van der Waals surface area contributed by atoms with Crippen molar-refractivity contribution in [1.82, 2.24) is 10.3 Å². The van der Waals surface area contributed by atoms with Crippen molar-refractivity contribution < 1.29 is 14.2 Å². The van der Waals surface area contributed by atoms with Gasteiger partial charge in [0.25, 0.3) is 0 Å². The van der Waals surface area contributed by atoms with Crippen LogP contribution in [-0.2, 0) is 4.74 Å². The number of anilines is 1. The van der Waals surface area contributed by atoms with Gasteiger partial charge in [-0.2, -0.15) is 0 Å². The quantitative estimate of drug-likeness (QED) is 0.288. The Hall–Kier alpha value is -1.62. The van der Waals surface area contributed by atoms with Gasteiger partial charge in [0.15, 0.2) is 5.75 Å². The van der Waals surface area contributed by atoms with Crippen LogP contribution in [0.1, 0.15) is 31.9 Å². The summed E-state index contributed by atoms with van der Waals surface area (Å²) < 4.78 is 19.8. The molecule has 1 fully saturated rings. The van der Waals surface area contributed by atoms with E-state index in [1.807, 2.05) is 31.2 Å². The van der Waals surface area contributed by atoms with Crippen LogP contribution in [0.3, 0.4) is 0 Å². The highest BCUT2D eigenvalue weighted by atomic mass is 127.